The van der Waals surface area contributed by atoms with E-state index in [4.69, 9.17) is 14.7 Å². The molecule has 0 unspecified atom stereocenters. The number of rotatable bonds is 7. The normalized spacial score (nSPS) is 22.5. The lowest BCUT2D eigenvalue weighted by Gasteiger charge is -2.43. The molecule has 0 radical (unpaired) electrons. The summed E-state index contributed by atoms with van der Waals surface area (Å²) >= 11 is 0. The molecule has 0 amide bonds. The Bertz CT molecular complexity index is 905. The smallest absolute Gasteiger partial charge is 0.338 e. The molecule has 1 fully saturated rings. The van der Waals surface area contributed by atoms with Gasteiger partial charge in [0.25, 0.3) is 8.32 Å². The van der Waals surface area contributed by atoms with Gasteiger partial charge in [0.1, 0.15) is 12.2 Å². The molecule has 1 aliphatic heterocycles. The van der Waals surface area contributed by atoms with Gasteiger partial charge in [0, 0.05) is 11.5 Å². The summed E-state index contributed by atoms with van der Waals surface area (Å²) in [6.45, 7) is 6.24. The van der Waals surface area contributed by atoms with Crippen LogP contribution in [-0.2, 0) is 14.0 Å². The molecular formula is C22H27N3O5Si. The predicted octanol–water partition coefficient (Wildman–Crippen LogP) is 1.89. The maximum atomic E-state index is 11.7. The molecule has 2 aromatic carbocycles. The fraction of sp³-hybridized carbons (Fsp3) is 0.409. The van der Waals surface area contributed by atoms with E-state index in [1.807, 2.05) is 60.7 Å². The summed E-state index contributed by atoms with van der Waals surface area (Å²) in [5.41, 5.74) is 9.07. The quantitative estimate of drug-likeness (QED) is 0.223. The summed E-state index contributed by atoms with van der Waals surface area (Å²) < 4.78 is 11.8. The molecule has 2 aromatic rings. The minimum absolute atomic E-state index is 0.0843. The molecule has 0 spiro atoms. The number of carbonyl (C=O) groups is 1. The van der Waals surface area contributed by atoms with Crippen LogP contribution in [0.2, 0.25) is 5.04 Å². The van der Waals surface area contributed by atoms with E-state index >= 15 is 0 Å². The molecule has 164 valence electrons. The van der Waals surface area contributed by atoms with E-state index in [2.05, 4.69) is 30.8 Å². The predicted molar refractivity (Wildman–Crippen MR) is 118 cm³/mol. The highest BCUT2D eigenvalue weighted by Gasteiger charge is 2.52. The van der Waals surface area contributed by atoms with Gasteiger partial charge in [-0.05, 0) is 20.9 Å². The number of aliphatic hydroxyl groups is 2. The van der Waals surface area contributed by atoms with Crippen LogP contribution in [0.3, 0.4) is 0 Å². The van der Waals surface area contributed by atoms with Crippen molar-refractivity contribution in [2.45, 2.75) is 50.2 Å². The van der Waals surface area contributed by atoms with Crippen LogP contribution in [-0.4, -0.2) is 55.5 Å². The molecule has 2 N–H and O–H groups in total. The Hall–Kier alpha value is -2.68. The number of cyclic esters (lactones) is 1. The van der Waals surface area contributed by atoms with Crippen LogP contribution >= 0.6 is 0 Å². The number of azide groups is 1. The third kappa shape index (κ3) is 4.37. The van der Waals surface area contributed by atoms with E-state index in [0.29, 0.717) is 0 Å². The van der Waals surface area contributed by atoms with Gasteiger partial charge >= 0.3 is 5.97 Å². The van der Waals surface area contributed by atoms with Crippen molar-refractivity contribution in [1.82, 2.24) is 0 Å². The number of ether oxygens (including phenoxy) is 1. The van der Waals surface area contributed by atoms with Gasteiger partial charge in [0.05, 0.1) is 6.04 Å². The first kappa shape index (κ1) is 23.0. The lowest BCUT2D eigenvalue weighted by atomic mass is 10.1. The standard InChI is InChI=1S/C22H27N3O5Si/c1-22(2,3)31(15-10-6-4-7-11-15,16-12-8-5-9-13-16)29-14-17(24-25-23)20-18(26)19(27)21(28)30-20/h4-13,17-20,26-27H,14H2,1-3H3/t17-,18-,19-,20-/m1/s1. The Kier molecular flexibility index (Phi) is 6.83. The van der Waals surface area contributed by atoms with Gasteiger partial charge in [-0.1, -0.05) is 86.5 Å². The zero-order valence-electron chi connectivity index (χ0n) is 17.8. The first-order valence-electron chi connectivity index (χ1n) is 10.1. The molecule has 0 bridgehead atoms. The number of hydrogen-bond acceptors (Lipinski definition) is 6. The zero-order chi connectivity index (χ0) is 22.6. The highest BCUT2D eigenvalue weighted by molar-refractivity contribution is 6.99. The number of hydrogen-bond donors (Lipinski definition) is 2. The molecule has 1 heterocycles. The average Bonchev–Trinajstić information content (AvgIpc) is 3.01. The summed E-state index contributed by atoms with van der Waals surface area (Å²) in [7, 11) is -2.92. The van der Waals surface area contributed by atoms with Gasteiger partial charge in [-0.3, -0.25) is 0 Å². The van der Waals surface area contributed by atoms with Gasteiger partial charge in [-0.15, -0.1) is 0 Å². The summed E-state index contributed by atoms with van der Waals surface area (Å²) in [5, 5.41) is 25.5. The number of esters is 1. The SMILES string of the molecule is CC(C)(C)[Si](OC[C@@H](N=[N+]=[N-])[C@H]1OC(=O)[C@H](O)[C@H]1O)(c1ccccc1)c1ccccc1. The number of nitrogens with zero attached hydrogens (tertiary/aromatic N) is 3. The van der Waals surface area contributed by atoms with Crippen molar-refractivity contribution in [3.63, 3.8) is 0 Å². The summed E-state index contributed by atoms with van der Waals surface area (Å²) in [4.78, 5) is 14.6. The molecule has 0 aromatic heterocycles. The molecule has 1 aliphatic rings. The molecule has 1 saturated heterocycles. The van der Waals surface area contributed by atoms with Gasteiger partial charge in [-0.25, -0.2) is 4.79 Å². The van der Waals surface area contributed by atoms with E-state index in [9.17, 15) is 15.0 Å². The molecule has 9 heteroatoms. The molecule has 0 aliphatic carbocycles. The van der Waals surface area contributed by atoms with Gasteiger partial charge in [-0.2, -0.15) is 0 Å². The second-order valence-electron chi connectivity index (χ2n) is 8.58. The van der Waals surface area contributed by atoms with Gasteiger partial charge < -0.3 is 19.4 Å². The molecule has 8 nitrogen and oxygen atoms in total. The van der Waals surface area contributed by atoms with Crippen LogP contribution in [0.4, 0.5) is 0 Å². The van der Waals surface area contributed by atoms with Crippen LogP contribution in [0.5, 0.6) is 0 Å². The van der Waals surface area contributed by atoms with E-state index in [0.717, 1.165) is 10.4 Å². The fourth-order valence-electron chi connectivity index (χ4n) is 4.13. The van der Waals surface area contributed by atoms with Crippen molar-refractivity contribution in [2.24, 2.45) is 5.11 Å². The second-order valence-corrected chi connectivity index (χ2v) is 12.9. The monoisotopic (exact) mass is 441 g/mol. The lowest BCUT2D eigenvalue weighted by Crippen LogP contribution is -2.67. The summed E-state index contributed by atoms with van der Waals surface area (Å²) in [5.74, 6) is -0.943. The lowest BCUT2D eigenvalue weighted by molar-refractivity contribution is -0.148. The third-order valence-corrected chi connectivity index (χ3v) is 10.6. The number of benzene rings is 2. The minimum atomic E-state index is -2.92. The Labute approximate surface area is 182 Å². The zero-order valence-corrected chi connectivity index (χ0v) is 18.8. The Balaban J connectivity index is 2.04. The largest absolute Gasteiger partial charge is 0.457 e. The van der Waals surface area contributed by atoms with Crippen molar-refractivity contribution in [3.8, 4) is 0 Å². The first-order chi connectivity index (χ1) is 14.7. The van der Waals surface area contributed by atoms with Crippen molar-refractivity contribution in [2.75, 3.05) is 6.61 Å². The fourth-order valence-corrected chi connectivity index (χ4v) is 8.71. The van der Waals surface area contributed by atoms with E-state index < -0.39 is 38.6 Å². The highest BCUT2D eigenvalue weighted by atomic mass is 28.4. The Morgan fingerprint density at radius 3 is 2.00 bits per heavy atom. The highest BCUT2D eigenvalue weighted by Crippen LogP contribution is 2.37. The summed E-state index contributed by atoms with van der Waals surface area (Å²) in [6.07, 6.45) is -4.35. The van der Waals surface area contributed by atoms with Gasteiger partial charge in [0.15, 0.2) is 6.10 Å². The Morgan fingerprint density at radius 2 is 1.61 bits per heavy atom. The van der Waals surface area contributed by atoms with Gasteiger partial charge in [0.2, 0.25) is 0 Å². The van der Waals surface area contributed by atoms with Crippen molar-refractivity contribution >= 4 is 24.7 Å². The van der Waals surface area contributed by atoms with Crippen LogP contribution in [0.1, 0.15) is 20.8 Å². The molecule has 31 heavy (non-hydrogen) atoms. The maximum Gasteiger partial charge on any atom is 0.338 e. The van der Waals surface area contributed by atoms with Crippen molar-refractivity contribution in [3.05, 3.63) is 71.1 Å². The van der Waals surface area contributed by atoms with Crippen LogP contribution in [0.25, 0.3) is 10.4 Å². The van der Waals surface area contributed by atoms with Crippen molar-refractivity contribution in [1.29, 1.82) is 0 Å². The average molecular weight is 442 g/mol. The molecule has 4 atom stereocenters. The summed E-state index contributed by atoms with van der Waals surface area (Å²) in [6, 6.07) is 18.8. The van der Waals surface area contributed by atoms with Crippen LogP contribution in [0, 0.1) is 0 Å². The third-order valence-electron chi connectivity index (χ3n) is 5.62. The van der Waals surface area contributed by atoms with Crippen LogP contribution < -0.4 is 10.4 Å². The second kappa shape index (κ2) is 9.21. The van der Waals surface area contributed by atoms with E-state index in [1.54, 1.807) is 0 Å². The number of aliphatic hydroxyl groups excluding tert-OH is 2. The number of carbonyl (C=O) groups excluding carboxylic acids is 1. The topological polar surface area (TPSA) is 125 Å². The molecule has 3 rings (SSSR count). The Morgan fingerprint density at radius 1 is 1.10 bits per heavy atom. The first-order valence-corrected chi connectivity index (χ1v) is 12.0. The maximum absolute atomic E-state index is 11.7. The molecular weight excluding hydrogens is 414 g/mol. The van der Waals surface area contributed by atoms with Crippen LogP contribution in [0.15, 0.2) is 65.8 Å². The van der Waals surface area contributed by atoms with E-state index in [-0.39, 0.29) is 11.6 Å². The molecule has 0 saturated carbocycles. The minimum Gasteiger partial charge on any atom is -0.457 e. The van der Waals surface area contributed by atoms with E-state index in [1.165, 1.54) is 0 Å². The van der Waals surface area contributed by atoms with Crippen molar-refractivity contribution < 1.29 is 24.2 Å².